The molecule has 1 heterocycles. The number of hydrogen-bond acceptors (Lipinski definition) is 6. The van der Waals surface area contributed by atoms with Crippen LogP contribution in [0, 0.1) is 4.91 Å². The monoisotopic (exact) mass is 406 g/mol. The zero-order chi connectivity index (χ0) is 21.5. The third-order valence-electron chi connectivity index (χ3n) is 4.75. The van der Waals surface area contributed by atoms with Crippen LogP contribution in [0.5, 0.6) is 0 Å². The highest BCUT2D eigenvalue weighted by Gasteiger charge is 2.15. The van der Waals surface area contributed by atoms with Gasteiger partial charge in [-0.1, -0.05) is 30.3 Å². The second kappa shape index (κ2) is 9.80. The molecule has 0 saturated heterocycles. The average Bonchev–Trinajstić information content (AvgIpc) is 2.80. The lowest BCUT2D eigenvalue weighted by Gasteiger charge is -2.14. The third kappa shape index (κ3) is 4.90. The first-order valence-electron chi connectivity index (χ1n) is 9.58. The first kappa shape index (κ1) is 21.2. The molecule has 0 fully saturated rings. The van der Waals surface area contributed by atoms with Crippen LogP contribution < -0.4 is 0 Å². The zero-order valence-corrected chi connectivity index (χ0v) is 16.9. The number of carbonyl (C=O) groups is 2. The largest absolute Gasteiger partial charge is 0.286 e. The van der Waals surface area contributed by atoms with E-state index < -0.39 is 5.91 Å². The Bertz CT molecular complexity index is 1070. The molecule has 2 aromatic carbocycles. The summed E-state index contributed by atoms with van der Waals surface area (Å²) in [6.07, 6.45) is 1.89. The van der Waals surface area contributed by atoms with Crippen LogP contribution in [0.3, 0.4) is 0 Å². The Hall–Kier alpha value is -3.52. The van der Waals surface area contributed by atoms with Gasteiger partial charge in [0.05, 0.1) is 29.5 Å². The summed E-state index contributed by atoms with van der Waals surface area (Å²) < 4.78 is 0. The number of unbranched alkanes of at least 4 members (excludes halogenated alkanes) is 1. The lowest BCUT2D eigenvalue weighted by molar-refractivity contribution is -0.118. The topological polar surface area (TPSA) is 102 Å². The van der Waals surface area contributed by atoms with Crippen LogP contribution in [0.4, 0.5) is 0 Å². The molecule has 0 atom stereocenters. The van der Waals surface area contributed by atoms with Crippen molar-refractivity contribution in [1.29, 1.82) is 0 Å². The van der Waals surface area contributed by atoms with E-state index in [9.17, 15) is 14.5 Å². The number of hydroxylamine groups is 2. The molecule has 0 radical (unpaired) electrons. The number of benzene rings is 2. The van der Waals surface area contributed by atoms with Crippen molar-refractivity contribution < 1.29 is 14.4 Å². The Morgan fingerprint density at radius 3 is 2.50 bits per heavy atom. The van der Waals surface area contributed by atoms with Crippen LogP contribution >= 0.6 is 0 Å². The number of aromatic nitrogens is 2. The van der Waals surface area contributed by atoms with Crippen LogP contribution in [0.15, 0.2) is 53.7 Å². The molecule has 0 unspecified atom stereocenters. The third-order valence-corrected chi connectivity index (χ3v) is 4.75. The van der Waals surface area contributed by atoms with E-state index in [0.717, 1.165) is 22.0 Å². The highest BCUT2D eigenvalue weighted by Crippen LogP contribution is 2.25. The predicted octanol–water partition coefficient (Wildman–Crippen LogP) is 3.94. The fraction of sp³-hybridized carbons (Fsp3) is 0.273. The minimum absolute atomic E-state index is 0.118. The Kier molecular flexibility index (Phi) is 6.92. The second-order valence-corrected chi connectivity index (χ2v) is 6.77. The van der Waals surface area contributed by atoms with Gasteiger partial charge in [0.15, 0.2) is 0 Å². The fourth-order valence-corrected chi connectivity index (χ4v) is 3.10. The van der Waals surface area contributed by atoms with E-state index >= 15 is 0 Å². The Balaban J connectivity index is 1.97. The van der Waals surface area contributed by atoms with E-state index in [1.165, 1.54) is 14.2 Å². The van der Waals surface area contributed by atoms with Crippen molar-refractivity contribution in [3.05, 3.63) is 64.7 Å². The van der Waals surface area contributed by atoms with Gasteiger partial charge in [-0.15, -0.1) is 4.91 Å². The number of hydrogen-bond donors (Lipinski definition) is 0. The second-order valence-electron chi connectivity index (χ2n) is 6.77. The number of rotatable bonds is 8. The SMILES string of the molecule is CON(C)C(=O)c1ccc2nc(-c3ccccc3)c(CCCCC(=O)N=O)nc2c1. The minimum atomic E-state index is -0.645. The molecule has 0 N–H and O–H groups in total. The van der Waals surface area contributed by atoms with Crippen molar-refractivity contribution in [2.75, 3.05) is 14.2 Å². The number of nitroso groups, excluding NO2 is 1. The van der Waals surface area contributed by atoms with Crippen LogP contribution in [0.25, 0.3) is 22.3 Å². The molecule has 0 saturated carbocycles. The molecule has 8 heteroatoms. The Morgan fingerprint density at radius 2 is 1.80 bits per heavy atom. The first-order valence-corrected chi connectivity index (χ1v) is 9.58. The van der Waals surface area contributed by atoms with Crippen molar-refractivity contribution in [3.8, 4) is 11.3 Å². The van der Waals surface area contributed by atoms with Crippen molar-refractivity contribution in [1.82, 2.24) is 15.0 Å². The quantitative estimate of drug-likeness (QED) is 0.319. The molecule has 8 nitrogen and oxygen atoms in total. The van der Waals surface area contributed by atoms with Gasteiger partial charge in [-0.3, -0.25) is 14.4 Å². The standard InChI is InChI=1S/C22H22N4O4/c1-26(30-2)22(28)16-12-13-17-19(14-16)23-18(10-6-7-11-20(27)25-29)21(24-17)15-8-4-3-5-9-15/h3-5,8-9,12-14H,6-7,10-11H2,1-2H3. The maximum Gasteiger partial charge on any atom is 0.286 e. The molecule has 30 heavy (non-hydrogen) atoms. The first-order chi connectivity index (χ1) is 14.5. The molecular weight excluding hydrogens is 384 g/mol. The number of nitrogens with zero attached hydrogens (tertiary/aromatic N) is 4. The molecule has 0 aliphatic rings. The summed E-state index contributed by atoms with van der Waals surface area (Å²) in [7, 11) is 2.96. The summed E-state index contributed by atoms with van der Waals surface area (Å²) in [5.41, 5.74) is 4.19. The molecule has 3 aromatic rings. The lowest BCUT2D eigenvalue weighted by Crippen LogP contribution is -2.25. The van der Waals surface area contributed by atoms with Gasteiger partial charge >= 0.3 is 0 Å². The number of carbonyl (C=O) groups excluding carboxylic acids is 2. The maximum atomic E-state index is 12.4. The maximum absolute atomic E-state index is 12.4. The summed E-state index contributed by atoms with van der Waals surface area (Å²) >= 11 is 0. The molecule has 1 aromatic heterocycles. The molecule has 0 aliphatic heterocycles. The highest BCUT2D eigenvalue weighted by atomic mass is 16.7. The Morgan fingerprint density at radius 1 is 1.03 bits per heavy atom. The summed E-state index contributed by atoms with van der Waals surface area (Å²) in [4.78, 5) is 48.3. The van der Waals surface area contributed by atoms with E-state index in [2.05, 4.69) is 5.18 Å². The van der Waals surface area contributed by atoms with Gasteiger partial charge < -0.3 is 0 Å². The van der Waals surface area contributed by atoms with Crippen molar-refractivity contribution in [2.45, 2.75) is 25.7 Å². The fourth-order valence-electron chi connectivity index (χ4n) is 3.10. The number of fused-ring (bicyclic) bond motifs is 1. The molecule has 0 spiro atoms. The van der Waals surface area contributed by atoms with Crippen LogP contribution in [0.1, 0.15) is 35.3 Å². The van der Waals surface area contributed by atoms with Gasteiger partial charge in [0.25, 0.3) is 11.8 Å². The van der Waals surface area contributed by atoms with Crippen LogP contribution in [-0.2, 0) is 16.1 Å². The van der Waals surface area contributed by atoms with Crippen LogP contribution in [-0.4, -0.2) is 41.0 Å². The van der Waals surface area contributed by atoms with Crippen molar-refractivity contribution in [3.63, 3.8) is 0 Å². The van der Waals surface area contributed by atoms with Gasteiger partial charge in [0, 0.05) is 29.8 Å². The van der Waals surface area contributed by atoms with Crippen molar-refractivity contribution >= 4 is 22.8 Å². The number of amides is 2. The van der Waals surface area contributed by atoms with Gasteiger partial charge in [0.1, 0.15) is 0 Å². The molecular formula is C22H22N4O4. The Labute approximate surface area is 173 Å². The van der Waals surface area contributed by atoms with Gasteiger partial charge in [-0.25, -0.2) is 15.0 Å². The van der Waals surface area contributed by atoms with Gasteiger partial charge in [-0.2, -0.15) is 0 Å². The summed E-state index contributed by atoms with van der Waals surface area (Å²) in [6.45, 7) is 0. The molecule has 0 aliphatic carbocycles. The van der Waals surface area contributed by atoms with Gasteiger partial charge in [0.2, 0.25) is 0 Å². The van der Waals surface area contributed by atoms with Crippen molar-refractivity contribution in [2.24, 2.45) is 5.18 Å². The minimum Gasteiger partial charge on any atom is -0.274 e. The molecule has 154 valence electrons. The highest BCUT2D eigenvalue weighted by molar-refractivity contribution is 5.96. The predicted molar refractivity (Wildman–Crippen MR) is 112 cm³/mol. The normalized spacial score (nSPS) is 10.7. The van der Waals surface area contributed by atoms with E-state index in [-0.39, 0.29) is 12.3 Å². The zero-order valence-electron chi connectivity index (χ0n) is 16.9. The van der Waals surface area contributed by atoms with E-state index in [0.29, 0.717) is 35.9 Å². The number of aryl methyl sites for hydroxylation is 1. The smallest absolute Gasteiger partial charge is 0.274 e. The molecule has 3 rings (SSSR count). The van der Waals surface area contributed by atoms with Crippen LogP contribution in [0.2, 0.25) is 0 Å². The lowest BCUT2D eigenvalue weighted by atomic mass is 10.0. The average molecular weight is 406 g/mol. The van der Waals surface area contributed by atoms with E-state index in [1.807, 2.05) is 30.3 Å². The molecule has 0 bridgehead atoms. The summed E-state index contributed by atoms with van der Waals surface area (Å²) in [6, 6.07) is 14.9. The van der Waals surface area contributed by atoms with Gasteiger partial charge in [-0.05, 0) is 37.5 Å². The van der Waals surface area contributed by atoms with E-state index in [4.69, 9.17) is 14.8 Å². The van der Waals surface area contributed by atoms with E-state index in [1.54, 1.807) is 18.2 Å². The summed E-state index contributed by atoms with van der Waals surface area (Å²) in [5, 5.41) is 3.57. The molecule has 2 amide bonds. The summed E-state index contributed by atoms with van der Waals surface area (Å²) in [5.74, 6) is -0.928.